The van der Waals surface area contributed by atoms with E-state index >= 15 is 0 Å². The third kappa shape index (κ3) is 2.94. The molecule has 0 spiro atoms. The van der Waals surface area contributed by atoms with Crippen LogP contribution >= 0.6 is 12.2 Å². The number of unbranched alkanes of at least 4 members (excludes halogenated alkanes) is 1. The number of hydrazone groups is 1. The summed E-state index contributed by atoms with van der Waals surface area (Å²) in [5.41, 5.74) is 4.81. The molecule has 118 valence electrons. The lowest BCUT2D eigenvalue weighted by molar-refractivity contribution is -0.918. The van der Waals surface area contributed by atoms with Crippen molar-refractivity contribution < 1.29 is 9.80 Å². The molecule has 4 bridgehead atoms. The summed E-state index contributed by atoms with van der Waals surface area (Å²) in [6.07, 6.45) is 3.87. The zero-order valence-electron chi connectivity index (χ0n) is 13.3. The Kier molecular flexibility index (Phi) is 4.47. The maximum Gasteiger partial charge on any atom is 0.186 e. The highest BCUT2D eigenvalue weighted by molar-refractivity contribution is 7.80. The maximum atomic E-state index is 5.20. The fraction of sp³-hybridized carbons (Fsp3) is 0.867. The Labute approximate surface area is 133 Å². The van der Waals surface area contributed by atoms with Gasteiger partial charge in [-0.25, -0.2) is 0 Å². The minimum atomic E-state index is 0.314. The summed E-state index contributed by atoms with van der Waals surface area (Å²) in [7, 11) is 1.84. The third-order valence-electron chi connectivity index (χ3n) is 5.52. The fourth-order valence-electron chi connectivity index (χ4n) is 4.67. The monoisotopic (exact) mass is 311 g/mol. The van der Waals surface area contributed by atoms with Crippen molar-refractivity contribution in [1.82, 2.24) is 10.7 Å². The molecular formula is C15H29N5S+2. The van der Waals surface area contributed by atoms with Gasteiger partial charge in [-0.3, -0.25) is 5.43 Å². The van der Waals surface area contributed by atoms with E-state index in [1.54, 1.807) is 9.80 Å². The number of quaternary nitrogens is 2. The van der Waals surface area contributed by atoms with Crippen molar-refractivity contribution in [2.24, 2.45) is 16.4 Å². The quantitative estimate of drug-likeness (QED) is 0.360. The Morgan fingerprint density at radius 3 is 2.57 bits per heavy atom. The van der Waals surface area contributed by atoms with E-state index in [0.29, 0.717) is 16.4 Å². The van der Waals surface area contributed by atoms with Gasteiger partial charge in [0.05, 0.1) is 37.8 Å². The van der Waals surface area contributed by atoms with Crippen molar-refractivity contribution in [3.63, 3.8) is 0 Å². The number of rotatable bonds is 4. The van der Waals surface area contributed by atoms with Crippen molar-refractivity contribution in [2.45, 2.75) is 26.2 Å². The van der Waals surface area contributed by atoms with Gasteiger partial charge in [-0.15, -0.1) is 0 Å². The summed E-state index contributed by atoms with van der Waals surface area (Å²) >= 11 is 5.20. The van der Waals surface area contributed by atoms with Crippen molar-refractivity contribution in [3.05, 3.63) is 0 Å². The van der Waals surface area contributed by atoms with Crippen LogP contribution in [0.3, 0.4) is 0 Å². The Balaban J connectivity index is 1.87. The van der Waals surface area contributed by atoms with E-state index in [2.05, 4.69) is 17.7 Å². The number of hydrogen-bond donors (Lipinski definition) is 4. The molecule has 4 aliphatic rings. The molecule has 0 aromatic heterocycles. The topological polar surface area (TPSA) is 45.3 Å². The zero-order chi connectivity index (χ0) is 14.9. The van der Waals surface area contributed by atoms with Crippen LogP contribution in [-0.4, -0.2) is 57.1 Å². The minimum Gasteiger partial charge on any atom is -0.364 e. The summed E-state index contributed by atoms with van der Waals surface area (Å²) in [5, 5.41) is 8.38. The molecule has 6 heteroatoms. The van der Waals surface area contributed by atoms with E-state index in [1.165, 1.54) is 64.2 Å². The standard InChI is InChI=1S/C15H27N5S/c1-3-4-5-15-10-19-6-7-20(11-15)9-12(8-19)13(15)17-18-14(21)16-2/h12H,3-11H2,1-2H3,(H2,16,18,21)/p+2/b17-13-. The lowest BCUT2D eigenvalue weighted by Crippen LogP contribution is -3.17. The van der Waals surface area contributed by atoms with E-state index in [1.807, 2.05) is 7.05 Å². The largest absolute Gasteiger partial charge is 0.364 e. The number of hydrogen-bond acceptors (Lipinski definition) is 2. The van der Waals surface area contributed by atoms with Crippen LogP contribution in [-0.2, 0) is 0 Å². The highest BCUT2D eigenvalue weighted by atomic mass is 32.1. The van der Waals surface area contributed by atoms with E-state index in [0.717, 1.165) is 0 Å². The van der Waals surface area contributed by atoms with Crippen LogP contribution in [0.1, 0.15) is 26.2 Å². The van der Waals surface area contributed by atoms with Crippen molar-refractivity contribution >= 4 is 23.0 Å². The molecule has 4 fully saturated rings. The summed E-state index contributed by atoms with van der Waals surface area (Å²) < 4.78 is 0. The second kappa shape index (κ2) is 6.18. The second-order valence-corrected chi connectivity index (χ2v) is 7.44. The Hall–Kier alpha value is -0.720. The van der Waals surface area contributed by atoms with Gasteiger partial charge in [0.2, 0.25) is 0 Å². The SMILES string of the molecule is CCCCC12C[NH+]3CC[NH+](CC(C3)/C1=N/NC(=S)NC)C2. The lowest BCUT2D eigenvalue weighted by atomic mass is 9.68. The molecule has 4 heterocycles. The predicted molar refractivity (Wildman–Crippen MR) is 88.8 cm³/mol. The van der Waals surface area contributed by atoms with Crippen LogP contribution in [0, 0.1) is 11.3 Å². The molecule has 5 nitrogen and oxygen atoms in total. The number of fused-ring (bicyclic) bond motifs is 1. The molecule has 0 saturated carbocycles. The molecule has 0 aromatic rings. The molecule has 2 unspecified atom stereocenters. The average Bonchev–Trinajstić information content (AvgIpc) is 2.72. The molecule has 0 aromatic carbocycles. The Morgan fingerprint density at radius 1 is 1.33 bits per heavy atom. The lowest BCUT2D eigenvalue weighted by Gasteiger charge is -2.46. The van der Waals surface area contributed by atoms with Gasteiger partial charge in [0, 0.05) is 7.05 Å². The van der Waals surface area contributed by atoms with Gasteiger partial charge in [0.25, 0.3) is 0 Å². The Bertz CT molecular complexity index is 420. The van der Waals surface area contributed by atoms with Crippen LogP contribution in [0.2, 0.25) is 0 Å². The van der Waals surface area contributed by atoms with Crippen LogP contribution in [0.15, 0.2) is 5.10 Å². The molecule has 0 aliphatic carbocycles. The van der Waals surface area contributed by atoms with Crippen LogP contribution in [0.5, 0.6) is 0 Å². The molecule has 4 aliphatic heterocycles. The van der Waals surface area contributed by atoms with E-state index in [-0.39, 0.29) is 0 Å². The maximum absolute atomic E-state index is 5.20. The molecule has 0 radical (unpaired) electrons. The smallest absolute Gasteiger partial charge is 0.186 e. The third-order valence-corrected chi connectivity index (χ3v) is 5.82. The second-order valence-electron chi connectivity index (χ2n) is 7.03. The normalized spacial score (nSPS) is 39.3. The van der Waals surface area contributed by atoms with Crippen LogP contribution < -0.4 is 20.5 Å². The van der Waals surface area contributed by atoms with Crippen molar-refractivity contribution in [3.8, 4) is 0 Å². The number of piperidine rings is 2. The molecular weight excluding hydrogens is 282 g/mol. The molecule has 4 saturated heterocycles. The van der Waals surface area contributed by atoms with E-state index < -0.39 is 0 Å². The van der Waals surface area contributed by atoms with Crippen molar-refractivity contribution in [1.29, 1.82) is 0 Å². The van der Waals surface area contributed by atoms with Gasteiger partial charge in [0.1, 0.15) is 18.5 Å². The van der Waals surface area contributed by atoms with Crippen LogP contribution in [0.25, 0.3) is 0 Å². The average molecular weight is 311 g/mol. The van der Waals surface area contributed by atoms with Crippen LogP contribution in [0.4, 0.5) is 0 Å². The first-order valence-electron chi connectivity index (χ1n) is 8.40. The van der Waals surface area contributed by atoms with Gasteiger partial charge in [-0.1, -0.05) is 19.8 Å². The fourth-order valence-corrected chi connectivity index (χ4v) is 4.72. The van der Waals surface area contributed by atoms with Gasteiger partial charge in [-0.05, 0) is 18.6 Å². The van der Waals surface area contributed by atoms with Gasteiger partial charge in [0.15, 0.2) is 5.11 Å². The van der Waals surface area contributed by atoms with Gasteiger partial charge < -0.3 is 15.1 Å². The first-order chi connectivity index (χ1) is 10.2. The summed E-state index contributed by atoms with van der Waals surface area (Å²) in [4.78, 5) is 3.61. The molecule has 0 amide bonds. The molecule has 4 N–H and O–H groups in total. The minimum absolute atomic E-state index is 0.314. The highest BCUT2D eigenvalue weighted by Crippen LogP contribution is 2.32. The summed E-state index contributed by atoms with van der Waals surface area (Å²) in [6.45, 7) is 10.1. The van der Waals surface area contributed by atoms with E-state index in [9.17, 15) is 0 Å². The van der Waals surface area contributed by atoms with Crippen molar-refractivity contribution in [2.75, 3.05) is 46.3 Å². The molecule has 4 rings (SSSR count). The summed E-state index contributed by atoms with van der Waals surface area (Å²) in [6, 6.07) is 0. The molecule has 21 heavy (non-hydrogen) atoms. The first-order valence-corrected chi connectivity index (χ1v) is 8.80. The predicted octanol–water partition coefficient (Wildman–Crippen LogP) is -1.96. The van der Waals surface area contributed by atoms with E-state index in [4.69, 9.17) is 17.3 Å². The number of nitrogens with one attached hydrogen (secondary N) is 4. The van der Waals surface area contributed by atoms with Gasteiger partial charge in [-0.2, -0.15) is 5.10 Å². The Morgan fingerprint density at radius 2 is 2.00 bits per heavy atom. The van der Waals surface area contributed by atoms with Gasteiger partial charge >= 0.3 is 0 Å². The number of nitrogens with zero attached hydrogens (tertiary/aromatic N) is 1. The molecule has 2 atom stereocenters. The zero-order valence-corrected chi connectivity index (χ0v) is 14.1. The number of thiocarbonyl (C=S) groups is 1. The summed E-state index contributed by atoms with van der Waals surface area (Å²) in [5.74, 6) is 0.643. The first kappa shape index (κ1) is 15.2. The highest BCUT2D eigenvalue weighted by Gasteiger charge is 2.57.